The molecule has 164 valence electrons. The number of carbonyl (C=O) groups excluding carboxylic acids is 2. The van der Waals surface area contributed by atoms with Gasteiger partial charge in [-0.05, 0) is 36.2 Å². The molecule has 9 heteroatoms. The Labute approximate surface area is 183 Å². The number of aromatic nitrogens is 2. The van der Waals surface area contributed by atoms with E-state index < -0.39 is 6.04 Å². The van der Waals surface area contributed by atoms with Crippen LogP contribution in [0.4, 0.5) is 15.9 Å². The Morgan fingerprint density at radius 2 is 1.94 bits per heavy atom. The lowest BCUT2D eigenvalue weighted by Gasteiger charge is -2.19. The van der Waals surface area contributed by atoms with Crippen LogP contribution >= 0.6 is 0 Å². The van der Waals surface area contributed by atoms with Gasteiger partial charge in [0.05, 0.1) is 12.1 Å². The quantitative estimate of drug-likeness (QED) is 0.638. The summed E-state index contributed by atoms with van der Waals surface area (Å²) >= 11 is 0. The van der Waals surface area contributed by atoms with Crippen molar-refractivity contribution in [2.75, 3.05) is 23.8 Å². The van der Waals surface area contributed by atoms with Crippen molar-refractivity contribution in [3.8, 4) is 22.6 Å². The van der Waals surface area contributed by atoms with Crippen LogP contribution < -0.4 is 20.1 Å². The van der Waals surface area contributed by atoms with Gasteiger partial charge < -0.3 is 20.1 Å². The molecule has 2 N–H and O–H groups in total. The molecule has 2 amide bonds. The molecule has 0 aliphatic carbocycles. The van der Waals surface area contributed by atoms with Crippen molar-refractivity contribution in [2.45, 2.75) is 25.8 Å². The first-order valence-corrected chi connectivity index (χ1v) is 10.4. The maximum atomic E-state index is 13.4. The zero-order valence-electron chi connectivity index (χ0n) is 17.4. The zero-order valence-corrected chi connectivity index (χ0v) is 17.4. The normalized spacial score (nSPS) is 16.4. The Hall–Kier alpha value is -3.88. The molecule has 2 aliphatic heterocycles. The Morgan fingerprint density at radius 3 is 2.69 bits per heavy atom. The van der Waals surface area contributed by atoms with Crippen LogP contribution in [-0.2, 0) is 16.0 Å². The minimum absolute atomic E-state index is 0.0824. The molecule has 1 aromatic heterocycles. The first kappa shape index (κ1) is 20.0. The van der Waals surface area contributed by atoms with Crippen LogP contribution in [0.2, 0.25) is 0 Å². The summed E-state index contributed by atoms with van der Waals surface area (Å²) in [5.41, 5.74) is 2.82. The summed E-state index contributed by atoms with van der Waals surface area (Å²) in [5, 5.41) is 10.2. The molecule has 2 aromatic carbocycles. The number of benzene rings is 2. The Bertz CT molecular complexity index is 1210. The minimum Gasteiger partial charge on any atom is -0.486 e. The predicted molar refractivity (Wildman–Crippen MR) is 115 cm³/mol. The van der Waals surface area contributed by atoms with Crippen LogP contribution in [0.1, 0.15) is 25.1 Å². The van der Waals surface area contributed by atoms with E-state index in [1.807, 2.05) is 6.92 Å². The maximum Gasteiger partial charge on any atom is 0.251 e. The van der Waals surface area contributed by atoms with Gasteiger partial charge in [0, 0.05) is 17.3 Å². The third-order valence-electron chi connectivity index (χ3n) is 5.49. The summed E-state index contributed by atoms with van der Waals surface area (Å²) in [6, 6.07) is 10.4. The van der Waals surface area contributed by atoms with Crippen LogP contribution in [0.5, 0.6) is 11.5 Å². The van der Waals surface area contributed by atoms with Crippen molar-refractivity contribution in [3.05, 3.63) is 54.0 Å². The van der Waals surface area contributed by atoms with Gasteiger partial charge in [0.15, 0.2) is 11.5 Å². The first-order chi connectivity index (χ1) is 15.5. The van der Waals surface area contributed by atoms with Gasteiger partial charge in [0.2, 0.25) is 5.91 Å². The fraction of sp³-hybridized carbons (Fsp3) is 0.261. The minimum atomic E-state index is -0.776. The molecule has 0 bridgehead atoms. The highest BCUT2D eigenvalue weighted by Gasteiger charge is 2.36. The van der Waals surface area contributed by atoms with Crippen LogP contribution in [0.3, 0.4) is 0 Å². The van der Waals surface area contributed by atoms with E-state index in [2.05, 4.69) is 15.7 Å². The highest BCUT2D eigenvalue weighted by Crippen LogP contribution is 2.39. The summed E-state index contributed by atoms with van der Waals surface area (Å²) in [4.78, 5) is 25.4. The van der Waals surface area contributed by atoms with Crippen molar-refractivity contribution < 1.29 is 23.5 Å². The van der Waals surface area contributed by atoms with E-state index in [-0.39, 0.29) is 24.1 Å². The van der Waals surface area contributed by atoms with Crippen LogP contribution in [0.25, 0.3) is 11.1 Å². The maximum absolute atomic E-state index is 13.4. The number of fused-ring (bicyclic) bond motifs is 2. The Balaban J connectivity index is 1.37. The number of anilines is 2. The van der Waals surface area contributed by atoms with Crippen LogP contribution in [-0.4, -0.2) is 34.8 Å². The smallest absolute Gasteiger partial charge is 0.251 e. The lowest BCUT2D eigenvalue weighted by Crippen LogP contribution is -2.24. The second-order valence-corrected chi connectivity index (χ2v) is 7.59. The van der Waals surface area contributed by atoms with Gasteiger partial charge in [-0.1, -0.05) is 19.1 Å². The summed E-state index contributed by atoms with van der Waals surface area (Å²) in [7, 11) is 0. The number of rotatable bonds is 5. The van der Waals surface area contributed by atoms with E-state index >= 15 is 0 Å². The van der Waals surface area contributed by atoms with E-state index in [4.69, 9.17) is 9.47 Å². The van der Waals surface area contributed by atoms with Gasteiger partial charge in [0.25, 0.3) is 5.91 Å². The second-order valence-electron chi connectivity index (χ2n) is 7.59. The number of ether oxygens (including phenoxy) is 2. The third-order valence-corrected chi connectivity index (χ3v) is 5.49. The molecule has 8 nitrogen and oxygen atoms in total. The number of nitrogens with one attached hydrogen (secondary N) is 2. The Kier molecular flexibility index (Phi) is 5.01. The summed E-state index contributed by atoms with van der Waals surface area (Å²) in [6.07, 6.45) is 0.541. The molecule has 0 saturated heterocycles. The van der Waals surface area contributed by atoms with E-state index in [0.29, 0.717) is 42.6 Å². The standard InChI is InChI=1S/C23H21FN4O4/c1-2-16-21(13-3-5-14(24)6-4-13)22-26-23(30)17(28(22)27-16)12-20(29)25-15-7-8-18-19(11-15)32-10-9-31-18/h3-8,11,17H,2,9-10,12H2,1H3,(H,25,29)(H,26,30). The first-order valence-electron chi connectivity index (χ1n) is 10.4. The van der Waals surface area contributed by atoms with Crippen molar-refractivity contribution in [1.29, 1.82) is 0 Å². The highest BCUT2D eigenvalue weighted by atomic mass is 19.1. The average Bonchev–Trinajstić information content (AvgIpc) is 3.29. The van der Waals surface area contributed by atoms with E-state index in [1.54, 1.807) is 35.0 Å². The van der Waals surface area contributed by atoms with Gasteiger partial charge in [-0.3, -0.25) is 9.59 Å². The van der Waals surface area contributed by atoms with Crippen molar-refractivity contribution in [2.24, 2.45) is 0 Å². The van der Waals surface area contributed by atoms with Crippen LogP contribution in [0, 0.1) is 5.82 Å². The lowest BCUT2D eigenvalue weighted by molar-refractivity contribution is -0.123. The van der Waals surface area contributed by atoms with Crippen molar-refractivity contribution in [1.82, 2.24) is 9.78 Å². The second kappa shape index (κ2) is 7.99. The van der Waals surface area contributed by atoms with E-state index in [1.165, 1.54) is 12.1 Å². The molecule has 3 aromatic rings. The molecule has 0 spiro atoms. The number of nitrogens with zero attached hydrogens (tertiary/aromatic N) is 2. The van der Waals surface area contributed by atoms with E-state index in [9.17, 15) is 14.0 Å². The Morgan fingerprint density at radius 1 is 1.19 bits per heavy atom. The van der Waals surface area contributed by atoms with Gasteiger partial charge in [-0.2, -0.15) is 5.10 Å². The number of halogens is 1. The van der Waals surface area contributed by atoms with Crippen LogP contribution in [0.15, 0.2) is 42.5 Å². The SMILES string of the molecule is CCc1nn2c(c1-c1ccc(F)cc1)NC(=O)C2CC(=O)Nc1ccc2c(c1)OCCO2. The van der Waals surface area contributed by atoms with Crippen molar-refractivity contribution in [3.63, 3.8) is 0 Å². The van der Waals surface area contributed by atoms with Gasteiger partial charge in [0.1, 0.15) is 30.9 Å². The monoisotopic (exact) mass is 436 g/mol. The average molecular weight is 436 g/mol. The largest absolute Gasteiger partial charge is 0.486 e. The number of hydrogen-bond donors (Lipinski definition) is 2. The molecule has 3 heterocycles. The summed E-state index contributed by atoms with van der Waals surface area (Å²) in [5.74, 6) is 0.746. The topological polar surface area (TPSA) is 94.5 Å². The summed E-state index contributed by atoms with van der Waals surface area (Å²) < 4.78 is 26.0. The molecular weight excluding hydrogens is 415 g/mol. The number of carbonyl (C=O) groups is 2. The third kappa shape index (κ3) is 3.55. The molecule has 0 radical (unpaired) electrons. The molecule has 1 unspecified atom stereocenters. The molecule has 2 aliphatic rings. The number of aryl methyl sites for hydroxylation is 1. The highest BCUT2D eigenvalue weighted by molar-refractivity contribution is 6.04. The zero-order chi connectivity index (χ0) is 22.2. The van der Waals surface area contributed by atoms with Gasteiger partial charge >= 0.3 is 0 Å². The number of hydrogen-bond acceptors (Lipinski definition) is 5. The molecule has 0 fully saturated rings. The predicted octanol–water partition coefficient (Wildman–Crippen LogP) is 3.54. The van der Waals surface area contributed by atoms with E-state index in [0.717, 1.165) is 16.8 Å². The number of amides is 2. The molecule has 5 rings (SSSR count). The molecule has 32 heavy (non-hydrogen) atoms. The van der Waals surface area contributed by atoms with Gasteiger partial charge in [-0.25, -0.2) is 9.07 Å². The molecular formula is C23H21FN4O4. The fourth-order valence-electron chi connectivity index (χ4n) is 3.99. The molecule has 0 saturated carbocycles. The summed E-state index contributed by atoms with van der Waals surface area (Å²) in [6.45, 7) is 2.89. The van der Waals surface area contributed by atoms with Crippen molar-refractivity contribution >= 4 is 23.3 Å². The molecule has 1 atom stereocenters. The lowest BCUT2D eigenvalue weighted by atomic mass is 10.0. The fourth-order valence-corrected chi connectivity index (χ4v) is 3.99. The van der Waals surface area contributed by atoms with Gasteiger partial charge in [-0.15, -0.1) is 0 Å².